The molecule has 22 heavy (non-hydrogen) atoms. The highest BCUT2D eigenvalue weighted by atomic mass is 19.1. The first-order valence-corrected chi connectivity index (χ1v) is 10.0. The van der Waals surface area contributed by atoms with E-state index in [2.05, 4.69) is 0 Å². The summed E-state index contributed by atoms with van der Waals surface area (Å²) in [5, 5.41) is 0. The molecular weight excluding hydrogens is 278 g/mol. The lowest BCUT2D eigenvalue weighted by Crippen LogP contribution is -2.32. The molecule has 3 rings (SSSR count). The molecule has 0 nitrogen and oxygen atoms in total. The van der Waals surface area contributed by atoms with Gasteiger partial charge in [0.1, 0.15) is 12.3 Å². The third-order valence-electron chi connectivity index (χ3n) is 6.94. The van der Waals surface area contributed by atoms with E-state index in [1.165, 1.54) is 38.5 Å². The first kappa shape index (κ1) is 16.7. The smallest absolute Gasteiger partial charge is 0.100 e. The Morgan fingerprint density at radius 1 is 0.591 bits per heavy atom. The first-order chi connectivity index (χ1) is 10.7. The van der Waals surface area contributed by atoms with Crippen LogP contribution in [0.25, 0.3) is 0 Å². The Labute approximate surface area is 135 Å². The monoisotopic (exact) mass is 312 g/mol. The lowest BCUT2D eigenvalue weighted by molar-refractivity contribution is 0.0713. The van der Waals surface area contributed by atoms with Gasteiger partial charge < -0.3 is 0 Å². The average Bonchev–Trinajstić information content (AvgIpc) is 2.56. The molecule has 3 aliphatic rings. The Kier molecular flexibility index (Phi) is 6.16. The fourth-order valence-electron chi connectivity index (χ4n) is 5.59. The molecule has 0 saturated heterocycles. The largest absolute Gasteiger partial charge is 0.247 e. The molecule has 0 aromatic heterocycles. The molecule has 0 unspecified atom stereocenters. The van der Waals surface area contributed by atoms with Gasteiger partial charge in [0.15, 0.2) is 0 Å². The van der Waals surface area contributed by atoms with Gasteiger partial charge in [-0.05, 0) is 81.5 Å². The summed E-state index contributed by atoms with van der Waals surface area (Å²) in [6.07, 6.45) is 14.8. The van der Waals surface area contributed by atoms with E-state index in [4.69, 9.17) is 0 Å². The van der Waals surface area contributed by atoms with E-state index in [9.17, 15) is 8.78 Å². The van der Waals surface area contributed by atoms with Crippen molar-refractivity contribution in [1.29, 1.82) is 0 Å². The van der Waals surface area contributed by atoms with Crippen LogP contribution < -0.4 is 0 Å². The number of hydrogen-bond acceptors (Lipinski definition) is 0. The van der Waals surface area contributed by atoms with Crippen LogP contribution in [0.15, 0.2) is 0 Å². The second-order valence-corrected chi connectivity index (χ2v) is 8.43. The fraction of sp³-hybridized carbons (Fsp3) is 1.00. The van der Waals surface area contributed by atoms with Crippen LogP contribution in [-0.4, -0.2) is 12.3 Å². The zero-order chi connectivity index (χ0) is 15.4. The van der Waals surface area contributed by atoms with Crippen molar-refractivity contribution in [2.75, 3.05) is 0 Å². The Morgan fingerprint density at radius 3 is 1.50 bits per heavy atom. The van der Waals surface area contributed by atoms with Gasteiger partial charge in [0, 0.05) is 0 Å². The second kappa shape index (κ2) is 8.11. The van der Waals surface area contributed by atoms with Gasteiger partial charge in [-0.15, -0.1) is 0 Å². The molecule has 0 spiro atoms. The van der Waals surface area contributed by atoms with Gasteiger partial charge in [0.2, 0.25) is 0 Å². The predicted octanol–water partition coefficient (Wildman–Crippen LogP) is 6.63. The lowest BCUT2D eigenvalue weighted by Gasteiger charge is -2.41. The Hall–Kier alpha value is -0.140. The minimum Gasteiger partial charge on any atom is -0.247 e. The number of hydrogen-bond donors (Lipinski definition) is 0. The zero-order valence-corrected chi connectivity index (χ0v) is 14.1. The molecule has 0 aromatic rings. The van der Waals surface area contributed by atoms with Crippen LogP contribution in [-0.2, 0) is 0 Å². The lowest BCUT2D eigenvalue weighted by atomic mass is 9.65. The molecule has 0 N–H and O–H groups in total. The third kappa shape index (κ3) is 4.45. The van der Waals surface area contributed by atoms with Crippen LogP contribution in [0.1, 0.15) is 89.9 Å². The van der Waals surface area contributed by atoms with E-state index in [1.54, 1.807) is 0 Å². The van der Waals surface area contributed by atoms with Crippen LogP contribution in [0.4, 0.5) is 8.78 Å². The molecule has 128 valence electrons. The fourth-order valence-corrected chi connectivity index (χ4v) is 5.59. The number of halogens is 2. The maximum absolute atomic E-state index is 13.5. The molecule has 0 bridgehead atoms. The summed E-state index contributed by atoms with van der Waals surface area (Å²) >= 11 is 0. The maximum atomic E-state index is 13.5. The first-order valence-electron chi connectivity index (χ1n) is 10.0. The Bertz CT molecular complexity index is 286. The molecule has 0 heterocycles. The van der Waals surface area contributed by atoms with E-state index >= 15 is 0 Å². The van der Waals surface area contributed by atoms with Gasteiger partial charge in [-0.2, -0.15) is 0 Å². The Morgan fingerprint density at radius 2 is 1.05 bits per heavy atom. The zero-order valence-electron chi connectivity index (χ0n) is 14.1. The van der Waals surface area contributed by atoms with Crippen molar-refractivity contribution < 1.29 is 8.78 Å². The number of rotatable bonds is 4. The number of alkyl halides is 2. The molecule has 2 heteroatoms. The summed E-state index contributed by atoms with van der Waals surface area (Å²) in [6.45, 7) is 0. The van der Waals surface area contributed by atoms with Gasteiger partial charge in [0.25, 0.3) is 0 Å². The van der Waals surface area contributed by atoms with Gasteiger partial charge in [-0.25, -0.2) is 8.78 Å². The van der Waals surface area contributed by atoms with E-state index < -0.39 is 12.3 Å². The maximum Gasteiger partial charge on any atom is 0.100 e. The van der Waals surface area contributed by atoms with Crippen molar-refractivity contribution in [1.82, 2.24) is 0 Å². The molecule has 3 aliphatic carbocycles. The van der Waals surface area contributed by atoms with Crippen molar-refractivity contribution >= 4 is 0 Å². The summed E-state index contributed by atoms with van der Waals surface area (Å²) in [6, 6.07) is 0. The van der Waals surface area contributed by atoms with E-state index in [-0.39, 0.29) is 0 Å². The van der Waals surface area contributed by atoms with Crippen molar-refractivity contribution in [2.24, 2.45) is 23.7 Å². The van der Waals surface area contributed by atoms with E-state index in [0.29, 0.717) is 0 Å². The molecular formula is C20H34F2. The molecule has 0 aromatic carbocycles. The highest BCUT2D eigenvalue weighted by Crippen LogP contribution is 2.45. The van der Waals surface area contributed by atoms with Gasteiger partial charge in [0.05, 0.1) is 0 Å². The van der Waals surface area contributed by atoms with Crippen molar-refractivity contribution in [3.8, 4) is 0 Å². The van der Waals surface area contributed by atoms with Crippen LogP contribution in [0, 0.1) is 23.7 Å². The van der Waals surface area contributed by atoms with Crippen molar-refractivity contribution in [3.05, 3.63) is 0 Å². The SMILES string of the molecule is FC1CCC(C(CC2CCCCC2)C2CCC(F)CC2)CC1. The molecule has 0 amide bonds. The van der Waals surface area contributed by atoms with Crippen LogP contribution in [0.2, 0.25) is 0 Å². The minimum absolute atomic E-state index is 0.548. The van der Waals surface area contributed by atoms with Crippen LogP contribution in [0.5, 0.6) is 0 Å². The quantitative estimate of drug-likeness (QED) is 0.546. The minimum atomic E-state index is -0.548. The summed E-state index contributed by atoms with van der Waals surface area (Å²) in [5.41, 5.74) is 0. The summed E-state index contributed by atoms with van der Waals surface area (Å²) in [5.74, 6) is 3.14. The van der Waals surface area contributed by atoms with E-state index in [0.717, 1.165) is 75.0 Å². The van der Waals surface area contributed by atoms with Gasteiger partial charge >= 0.3 is 0 Å². The second-order valence-electron chi connectivity index (χ2n) is 8.43. The average molecular weight is 312 g/mol. The van der Waals surface area contributed by atoms with Crippen molar-refractivity contribution in [3.63, 3.8) is 0 Å². The molecule has 0 aliphatic heterocycles. The predicted molar refractivity (Wildman–Crippen MR) is 88.4 cm³/mol. The molecule has 3 fully saturated rings. The van der Waals surface area contributed by atoms with E-state index in [1.807, 2.05) is 0 Å². The standard InChI is InChI=1S/C20H34F2/c21-18-10-6-16(7-11-18)20(14-15-4-2-1-3-5-15)17-8-12-19(22)13-9-17/h15-20H,1-14H2. The van der Waals surface area contributed by atoms with Gasteiger partial charge in [-0.3, -0.25) is 0 Å². The highest BCUT2D eigenvalue weighted by Gasteiger charge is 2.36. The Balaban J connectivity index is 1.61. The normalized spacial score (nSPS) is 39.5. The topological polar surface area (TPSA) is 0 Å². The van der Waals surface area contributed by atoms with Crippen LogP contribution in [0.3, 0.4) is 0 Å². The highest BCUT2D eigenvalue weighted by molar-refractivity contribution is 4.86. The summed E-state index contributed by atoms with van der Waals surface area (Å²) in [4.78, 5) is 0. The molecule has 0 atom stereocenters. The van der Waals surface area contributed by atoms with Gasteiger partial charge in [-0.1, -0.05) is 32.1 Å². The van der Waals surface area contributed by atoms with Crippen molar-refractivity contribution in [2.45, 2.75) is 102 Å². The van der Waals surface area contributed by atoms with Crippen LogP contribution >= 0.6 is 0 Å². The molecule has 0 radical (unpaired) electrons. The third-order valence-corrected chi connectivity index (χ3v) is 6.94. The molecule has 3 saturated carbocycles. The summed E-state index contributed by atoms with van der Waals surface area (Å²) < 4.78 is 27.0. The summed E-state index contributed by atoms with van der Waals surface area (Å²) in [7, 11) is 0.